The number of carbonyl (C=O) groups is 1. The van der Waals surface area contributed by atoms with E-state index in [-0.39, 0.29) is 4.90 Å². The van der Waals surface area contributed by atoms with E-state index in [1.54, 1.807) is 6.20 Å². The van der Waals surface area contributed by atoms with E-state index in [0.717, 1.165) is 6.42 Å². The molecule has 1 radical (unpaired) electrons. The highest BCUT2D eigenvalue weighted by molar-refractivity contribution is 5.93. The maximum absolute atomic E-state index is 12.8. The number of amides is 1. The normalized spacial score (nSPS) is 15.7. The van der Waals surface area contributed by atoms with Gasteiger partial charge >= 0.3 is 0 Å². The average Bonchev–Trinajstić information content (AvgIpc) is 2.27. The zero-order valence-corrected chi connectivity index (χ0v) is 6.63. The van der Waals surface area contributed by atoms with Crippen molar-refractivity contribution in [2.24, 2.45) is 0 Å². The number of hydrogen-bond donors (Lipinski definition) is 0. The fourth-order valence-electron chi connectivity index (χ4n) is 1.11. The predicted molar refractivity (Wildman–Crippen MR) is 38.0 cm³/mol. The zero-order valence-electron chi connectivity index (χ0n) is 6.63. The van der Waals surface area contributed by atoms with Crippen molar-refractivity contribution in [1.82, 2.24) is 14.9 Å². The molecule has 13 heavy (non-hydrogen) atoms. The zero-order chi connectivity index (χ0) is 9.42. The molecule has 1 amide bonds. The van der Waals surface area contributed by atoms with Crippen LogP contribution in [-0.2, 0) is 0 Å². The van der Waals surface area contributed by atoms with Crippen LogP contribution >= 0.6 is 0 Å². The smallest absolute Gasteiger partial charge is 0.278 e. The Labute approximate surface area is 72.7 Å². The van der Waals surface area contributed by atoms with Crippen LogP contribution in [0.5, 0.6) is 0 Å². The molecule has 0 N–H and O–H groups in total. The molecule has 6 heteroatoms. The van der Waals surface area contributed by atoms with Gasteiger partial charge in [0.2, 0.25) is 0 Å². The number of rotatable bonds is 1. The van der Waals surface area contributed by atoms with Gasteiger partial charge in [-0.15, -0.1) is 5.10 Å². The summed E-state index contributed by atoms with van der Waals surface area (Å²) < 4.78 is 25.4. The minimum Gasteiger partial charge on any atom is -0.337 e. The second kappa shape index (κ2) is 2.79. The van der Waals surface area contributed by atoms with Crippen LogP contribution in [0.15, 0.2) is 0 Å². The first-order valence-corrected chi connectivity index (χ1v) is 3.82. The summed E-state index contributed by atoms with van der Waals surface area (Å²) in [4.78, 5) is 12.4. The van der Waals surface area contributed by atoms with Crippen molar-refractivity contribution in [3.63, 3.8) is 0 Å². The summed E-state index contributed by atoms with van der Waals surface area (Å²) in [6, 6.07) is 0. The van der Waals surface area contributed by atoms with Gasteiger partial charge in [-0.2, -0.15) is 0 Å². The molecule has 69 valence electrons. The summed E-state index contributed by atoms with van der Waals surface area (Å²) in [6.45, 7) is 1.09. The number of likely N-dealkylation sites (tertiary alicyclic amines) is 1. The van der Waals surface area contributed by atoms with Crippen LogP contribution in [0.4, 0.5) is 8.87 Å². The molecule has 1 aromatic heterocycles. The Hall–Kier alpha value is -1.46. The molecular weight excluding hydrogens is 180 g/mol. The number of carbonyl (C=O) groups excluding carboxylic acids is 1. The van der Waals surface area contributed by atoms with E-state index in [1.807, 2.05) is 0 Å². The Morgan fingerprint density at radius 3 is 2.62 bits per heavy atom. The Balaban J connectivity index is 2.28. The summed E-state index contributed by atoms with van der Waals surface area (Å²) in [6.07, 6.45) is 2.62. The molecule has 0 bridgehead atoms. The lowest BCUT2D eigenvalue weighted by Crippen LogP contribution is -2.42. The van der Waals surface area contributed by atoms with Gasteiger partial charge in [0.25, 0.3) is 5.91 Å². The molecule has 1 aromatic rings. The van der Waals surface area contributed by atoms with Crippen molar-refractivity contribution in [1.29, 1.82) is 0 Å². The van der Waals surface area contributed by atoms with Crippen LogP contribution in [0, 0.1) is 12.0 Å². The maximum Gasteiger partial charge on any atom is 0.278 e. The quantitative estimate of drug-likeness (QED) is 0.636. The molecule has 1 saturated heterocycles. The Bertz CT molecular complexity index is 326. The third-order valence-electron chi connectivity index (χ3n) is 1.97. The lowest BCUT2D eigenvalue weighted by atomic mass is 10.2. The van der Waals surface area contributed by atoms with E-state index in [2.05, 4.69) is 5.10 Å². The topological polar surface area (TPSA) is 38.1 Å². The first-order valence-electron chi connectivity index (χ1n) is 3.82. The Morgan fingerprint density at radius 2 is 2.23 bits per heavy atom. The highest BCUT2D eigenvalue weighted by atomic mass is 19.2. The minimum absolute atomic E-state index is 0.282. The SMILES string of the molecule is O=C(c1c(F)[c]nn1F)N1CCC1. The standard InChI is InChI=1S/C7H6F2N3O/c8-5-4-10-12(9)6(5)7(13)11-2-1-3-11/h1-3H2. The summed E-state index contributed by atoms with van der Waals surface area (Å²) in [5.41, 5.74) is -0.667. The third kappa shape index (κ3) is 1.18. The summed E-state index contributed by atoms with van der Waals surface area (Å²) in [5.74, 6) is -1.71. The van der Waals surface area contributed by atoms with Crippen LogP contribution in [0.2, 0.25) is 0 Å². The molecule has 2 rings (SSSR count). The molecule has 0 aromatic carbocycles. The van der Waals surface area contributed by atoms with Gasteiger partial charge in [0, 0.05) is 13.1 Å². The molecule has 0 saturated carbocycles. The second-order valence-electron chi connectivity index (χ2n) is 2.78. The molecule has 2 heterocycles. The fraction of sp³-hybridized carbons (Fsp3) is 0.429. The molecule has 4 nitrogen and oxygen atoms in total. The average molecular weight is 186 g/mol. The van der Waals surface area contributed by atoms with E-state index < -0.39 is 17.4 Å². The van der Waals surface area contributed by atoms with Gasteiger partial charge in [0.1, 0.15) is 0 Å². The van der Waals surface area contributed by atoms with Gasteiger partial charge in [-0.05, 0) is 6.42 Å². The predicted octanol–water partition coefficient (Wildman–Crippen LogP) is 0.401. The van der Waals surface area contributed by atoms with Crippen LogP contribution < -0.4 is 0 Å². The number of aromatic nitrogens is 2. The van der Waals surface area contributed by atoms with E-state index in [4.69, 9.17) is 0 Å². The molecule has 0 unspecified atom stereocenters. The van der Waals surface area contributed by atoms with Gasteiger partial charge in [0.15, 0.2) is 17.7 Å². The molecule has 0 aliphatic carbocycles. The van der Waals surface area contributed by atoms with Crippen LogP contribution in [0.25, 0.3) is 0 Å². The van der Waals surface area contributed by atoms with E-state index in [0.29, 0.717) is 13.1 Å². The first kappa shape index (κ1) is 8.15. The molecule has 0 spiro atoms. The molecule has 0 atom stereocenters. The second-order valence-corrected chi connectivity index (χ2v) is 2.78. The maximum atomic E-state index is 12.8. The van der Waals surface area contributed by atoms with Crippen LogP contribution in [-0.4, -0.2) is 33.9 Å². The van der Waals surface area contributed by atoms with Crippen molar-refractivity contribution >= 4 is 5.91 Å². The van der Waals surface area contributed by atoms with Gasteiger partial charge in [-0.3, -0.25) is 4.79 Å². The van der Waals surface area contributed by atoms with E-state index >= 15 is 0 Å². The number of nitrogens with zero attached hydrogens (tertiary/aromatic N) is 3. The molecule has 1 aliphatic heterocycles. The first-order chi connectivity index (χ1) is 6.20. The van der Waals surface area contributed by atoms with Crippen LogP contribution in [0.1, 0.15) is 16.9 Å². The van der Waals surface area contributed by atoms with Crippen molar-refractivity contribution in [3.8, 4) is 0 Å². The van der Waals surface area contributed by atoms with Gasteiger partial charge in [-0.1, -0.05) is 9.39 Å². The number of halogens is 2. The van der Waals surface area contributed by atoms with Crippen molar-refractivity contribution < 1.29 is 13.7 Å². The fourth-order valence-corrected chi connectivity index (χ4v) is 1.11. The van der Waals surface area contributed by atoms with Gasteiger partial charge in [-0.25, -0.2) is 4.39 Å². The third-order valence-corrected chi connectivity index (χ3v) is 1.97. The highest BCUT2D eigenvalue weighted by Gasteiger charge is 2.28. The summed E-state index contributed by atoms with van der Waals surface area (Å²) in [5, 5.41) is 2.88. The van der Waals surface area contributed by atoms with Crippen molar-refractivity contribution in [2.45, 2.75) is 6.42 Å². The van der Waals surface area contributed by atoms with Crippen LogP contribution in [0.3, 0.4) is 0 Å². The van der Waals surface area contributed by atoms with Crippen molar-refractivity contribution in [3.05, 3.63) is 17.7 Å². The van der Waals surface area contributed by atoms with E-state index in [1.165, 1.54) is 4.90 Å². The lowest BCUT2D eigenvalue weighted by molar-refractivity contribution is 0.0618. The summed E-state index contributed by atoms with van der Waals surface area (Å²) in [7, 11) is 0. The van der Waals surface area contributed by atoms with Gasteiger partial charge < -0.3 is 4.90 Å². The molecule has 1 fully saturated rings. The minimum atomic E-state index is -1.04. The monoisotopic (exact) mass is 186 g/mol. The van der Waals surface area contributed by atoms with E-state index in [9.17, 15) is 13.7 Å². The van der Waals surface area contributed by atoms with Gasteiger partial charge in [0.05, 0.1) is 0 Å². The summed E-state index contributed by atoms with van der Waals surface area (Å²) >= 11 is 0. The lowest BCUT2D eigenvalue weighted by Gasteiger charge is -2.30. The Morgan fingerprint density at radius 1 is 1.54 bits per heavy atom. The Kier molecular flexibility index (Phi) is 1.75. The number of hydrogen-bond acceptors (Lipinski definition) is 2. The molecular formula is C7H6F2N3O. The highest BCUT2D eigenvalue weighted by Crippen LogP contribution is 2.14. The molecule has 1 aliphatic rings. The largest absolute Gasteiger partial charge is 0.337 e. The van der Waals surface area contributed by atoms with Crippen molar-refractivity contribution in [2.75, 3.05) is 13.1 Å².